The maximum Gasteiger partial charge on any atom is 0.252 e. The zero-order valence-corrected chi connectivity index (χ0v) is 12.1. The molecular formula is C15H18N4O2. The fourth-order valence-corrected chi connectivity index (χ4v) is 1.73. The molecule has 110 valence electrons. The van der Waals surface area contributed by atoms with Crippen LogP contribution in [0.1, 0.15) is 24.6 Å². The number of ether oxygens (including phenoxy) is 1. The van der Waals surface area contributed by atoms with Crippen LogP contribution in [0.5, 0.6) is 5.75 Å². The van der Waals surface area contributed by atoms with Gasteiger partial charge >= 0.3 is 0 Å². The first-order valence-electron chi connectivity index (χ1n) is 6.78. The molecule has 0 saturated carbocycles. The normalized spacial score (nSPS) is 10.8. The highest BCUT2D eigenvalue weighted by Crippen LogP contribution is 2.16. The summed E-state index contributed by atoms with van der Waals surface area (Å²) < 4.78 is 5.63. The Bertz CT molecular complexity index is 679. The lowest BCUT2D eigenvalue weighted by Gasteiger charge is -2.07. The summed E-state index contributed by atoms with van der Waals surface area (Å²) >= 11 is 0. The highest BCUT2D eigenvalue weighted by Gasteiger charge is 2.00. The number of benzene rings is 1. The van der Waals surface area contributed by atoms with Gasteiger partial charge < -0.3 is 4.74 Å². The quantitative estimate of drug-likeness (QED) is 0.631. The summed E-state index contributed by atoms with van der Waals surface area (Å²) in [5, 5.41) is 4.08. The van der Waals surface area contributed by atoms with E-state index in [1.54, 1.807) is 13.1 Å². The summed E-state index contributed by atoms with van der Waals surface area (Å²) in [5.41, 5.74) is 3.97. The van der Waals surface area contributed by atoms with Crippen molar-refractivity contribution in [2.45, 2.75) is 20.3 Å². The SMILES string of the molecule is CCCOc1ccccc1/C=N/Nc1nc(C)cc(=O)[nH]1. The molecule has 0 spiro atoms. The largest absolute Gasteiger partial charge is 0.493 e. The lowest BCUT2D eigenvalue weighted by Crippen LogP contribution is -2.10. The number of para-hydroxylation sites is 1. The number of nitrogens with zero attached hydrogens (tertiary/aromatic N) is 2. The molecule has 0 unspecified atom stereocenters. The van der Waals surface area contributed by atoms with Crippen molar-refractivity contribution in [3.8, 4) is 5.75 Å². The van der Waals surface area contributed by atoms with E-state index < -0.39 is 0 Å². The Morgan fingerprint density at radius 1 is 1.43 bits per heavy atom. The average Bonchev–Trinajstić information content (AvgIpc) is 2.45. The van der Waals surface area contributed by atoms with Crippen LogP contribution in [0.25, 0.3) is 0 Å². The van der Waals surface area contributed by atoms with Gasteiger partial charge in [0.25, 0.3) is 5.56 Å². The Labute approximate surface area is 122 Å². The number of hydrogen-bond acceptors (Lipinski definition) is 5. The smallest absolute Gasteiger partial charge is 0.252 e. The molecular weight excluding hydrogens is 268 g/mol. The molecule has 0 aliphatic carbocycles. The number of H-pyrrole nitrogens is 1. The van der Waals surface area contributed by atoms with Gasteiger partial charge in [-0.05, 0) is 25.5 Å². The molecule has 2 rings (SSSR count). The molecule has 0 radical (unpaired) electrons. The molecule has 0 atom stereocenters. The second-order valence-corrected chi connectivity index (χ2v) is 4.49. The Hall–Kier alpha value is -2.63. The Morgan fingerprint density at radius 3 is 3.00 bits per heavy atom. The molecule has 1 heterocycles. The lowest BCUT2D eigenvalue weighted by atomic mass is 10.2. The van der Waals surface area contributed by atoms with Crippen molar-refractivity contribution < 1.29 is 4.74 Å². The van der Waals surface area contributed by atoms with Crippen molar-refractivity contribution in [2.75, 3.05) is 12.0 Å². The number of aromatic nitrogens is 2. The summed E-state index contributed by atoms with van der Waals surface area (Å²) in [5.74, 6) is 1.08. The molecule has 21 heavy (non-hydrogen) atoms. The van der Waals surface area contributed by atoms with Crippen LogP contribution in [0.4, 0.5) is 5.95 Å². The minimum atomic E-state index is -0.216. The van der Waals surface area contributed by atoms with Gasteiger partial charge in [0.05, 0.1) is 12.8 Å². The van der Waals surface area contributed by atoms with Crippen molar-refractivity contribution in [1.29, 1.82) is 0 Å². The topological polar surface area (TPSA) is 79.4 Å². The zero-order chi connectivity index (χ0) is 15.1. The van der Waals surface area contributed by atoms with E-state index in [0.29, 0.717) is 18.2 Å². The number of hydrazone groups is 1. The van der Waals surface area contributed by atoms with Gasteiger partial charge in [-0.1, -0.05) is 19.1 Å². The second kappa shape index (κ2) is 7.23. The van der Waals surface area contributed by atoms with Crippen molar-refractivity contribution >= 4 is 12.2 Å². The first kappa shape index (κ1) is 14.8. The fraction of sp³-hybridized carbons (Fsp3) is 0.267. The molecule has 0 bridgehead atoms. The van der Waals surface area contributed by atoms with Crippen LogP contribution in [-0.4, -0.2) is 22.8 Å². The molecule has 0 aliphatic heterocycles. The number of rotatable bonds is 6. The van der Waals surface area contributed by atoms with Gasteiger partial charge in [-0.2, -0.15) is 5.10 Å². The van der Waals surface area contributed by atoms with E-state index >= 15 is 0 Å². The molecule has 6 heteroatoms. The van der Waals surface area contributed by atoms with E-state index in [2.05, 4.69) is 27.4 Å². The van der Waals surface area contributed by atoms with Gasteiger partial charge in [0.1, 0.15) is 5.75 Å². The third kappa shape index (κ3) is 4.45. The fourth-order valence-electron chi connectivity index (χ4n) is 1.73. The number of aromatic amines is 1. The standard InChI is InChI=1S/C15H18N4O2/c1-3-8-21-13-7-5-4-6-12(13)10-16-19-15-17-11(2)9-14(20)18-15/h4-7,9-10H,3,8H2,1-2H3,(H2,17,18,19,20)/b16-10+. The van der Waals surface area contributed by atoms with Gasteiger partial charge in [-0.3, -0.25) is 9.78 Å². The Morgan fingerprint density at radius 2 is 2.24 bits per heavy atom. The third-order valence-electron chi connectivity index (χ3n) is 2.62. The minimum absolute atomic E-state index is 0.216. The van der Waals surface area contributed by atoms with Crippen LogP contribution in [0, 0.1) is 6.92 Å². The summed E-state index contributed by atoms with van der Waals surface area (Å²) in [6.45, 7) is 4.46. The number of aryl methyl sites for hydroxylation is 1. The molecule has 2 aromatic rings. The van der Waals surface area contributed by atoms with Gasteiger partial charge in [-0.15, -0.1) is 0 Å². The minimum Gasteiger partial charge on any atom is -0.493 e. The van der Waals surface area contributed by atoms with E-state index in [9.17, 15) is 4.79 Å². The summed E-state index contributed by atoms with van der Waals surface area (Å²) in [6.07, 6.45) is 2.57. The average molecular weight is 286 g/mol. The highest BCUT2D eigenvalue weighted by atomic mass is 16.5. The van der Waals surface area contributed by atoms with Crippen molar-refractivity contribution in [3.05, 3.63) is 51.9 Å². The van der Waals surface area contributed by atoms with Crippen LogP contribution >= 0.6 is 0 Å². The predicted molar refractivity (Wildman–Crippen MR) is 83.0 cm³/mol. The van der Waals surface area contributed by atoms with Crippen molar-refractivity contribution in [2.24, 2.45) is 5.10 Å². The van der Waals surface area contributed by atoms with E-state index in [1.807, 2.05) is 24.3 Å². The van der Waals surface area contributed by atoms with E-state index in [0.717, 1.165) is 17.7 Å². The highest BCUT2D eigenvalue weighted by molar-refractivity contribution is 5.83. The molecule has 0 amide bonds. The van der Waals surface area contributed by atoms with E-state index in [1.165, 1.54) is 6.07 Å². The van der Waals surface area contributed by atoms with Crippen LogP contribution in [0.3, 0.4) is 0 Å². The van der Waals surface area contributed by atoms with Gasteiger partial charge in [0.15, 0.2) is 0 Å². The number of anilines is 1. The maximum absolute atomic E-state index is 11.3. The van der Waals surface area contributed by atoms with Crippen LogP contribution in [0.15, 0.2) is 40.2 Å². The number of hydrogen-bond donors (Lipinski definition) is 2. The molecule has 1 aromatic heterocycles. The first-order chi connectivity index (χ1) is 10.2. The lowest BCUT2D eigenvalue weighted by molar-refractivity contribution is 0.317. The summed E-state index contributed by atoms with van der Waals surface area (Å²) in [4.78, 5) is 18.0. The van der Waals surface area contributed by atoms with Crippen LogP contribution in [-0.2, 0) is 0 Å². The van der Waals surface area contributed by atoms with Crippen molar-refractivity contribution in [3.63, 3.8) is 0 Å². The van der Waals surface area contributed by atoms with Gasteiger partial charge in [0.2, 0.25) is 5.95 Å². The summed E-state index contributed by atoms with van der Waals surface area (Å²) in [7, 11) is 0. The predicted octanol–water partition coefficient (Wildman–Crippen LogP) is 2.31. The molecule has 6 nitrogen and oxygen atoms in total. The Kier molecular flexibility index (Phi) is 5.09. The van der Waals surface area contributed by atoms with E-state index in [-0.39, 0.29) is 5.56 Å². The molecule has 2 N–H and O–H groups in total. The van der Waals surface area contributed by atoms with Gasteiger partial charge in [-0.25, -0.2) is 10.4 Å². The third-order valence-corrected chi connectivity index (χ3v) is 2.62. The van der Waals surface area contributed by atoms with Gasteiger partial charge in [0, 0.05) is 17.3 Å². The molecule has 0 saturated heterocycles. The maximum atomic E-state index is 11.3. The van der Waals surface area contributed by atoms with E-state index in [4.69, 9.17) is 4.74 Å². The monoisotopic (exact) mass is 286 g/mol. The molecule has 0 fully saturated rings. The number of nitrogens with one attached hydrogen (secondary N) is 2. The summed E-state index contributed by atoms with van der Waals surface area (Å²) in [6, 6.07) is 9.04. The Balaban J connectivity index is 2.09. The molecule has 1 aromatic carbocycles. The first-order valence-corrected chi connectivity index (χ1v) is 6.78. The second-order valence-electron chi connectivity index (χ2n) is 4.49. The molecule has 0 aliphatic rings. The van der Waals surface area contributed by atoms with Crippen LogP contribution in [0.2, 0.25) is 0 Å². The zero-order valence-electron chi connectivity index (χ0n) is 12.1. The van der Waals surface area contributed by atoms with Crippen molar-refractivity contribution in [1.82, 2.24) is 9.97 Å². The van der Waals surface area contributed by atoms with Crippen LogP contribution < -0.4 is 15.7 Å².